The minimum atomic E-state index is -0.0575. The summed E-state index contributed by atoms with van der Waals surface area (Å²) in [5, 5.41) is 0.907. The fraction of sp³-hybridized carbons (Fsp3) is 0.190. The van der Waals surface area contributed by atoms with Gasteiger partial charge in [0.05, 0.1) is 29.7 Å². The van der Waals surface area contributed by atoms with E-state index in [1.807, 2.05) is 49.5 Å². The molecule has 0 N–H and O–H groups in total. The number of methoxy groups -OCH3 is 1. The molecule has 0 amide bonds. The van der Waals surface area contributed by atoms with Crippen molar-refractivity contribution in [3.8, 4) is 21.9 Å². The first-order chi connectivity index (χ1) is 13.6. The highest BCUT2D eigenvalue weighted by molar-refractivity contribution is 7.09. The van der Waals surface area contributed by atoms with E-state index in [1.54, 1.807) is 23.9 Å². The molecule has 6 nitrogen and oxygen atoms in total. The molecule has 0 fully saturated rings. The van der Waals surface area contributed by atoms with Crippen LogP contribution in [0.1, 0.15) is 5.69 Å². The molecule has 0 bridgehead atoms. The molecule has 0 aliphatic carbocycles. The van der Waals surface area contributed by atoms with Crippen LogP contribution in [0, 0.1) is 6.92 Å². The van der Waals surface area contributed by atoms with Crippen LogP contribution in [0.2, 0.25) is 0 Å². The number of aromatic nitrogens is 3. The molecule has 3 heterocycles. The number of rotatable bonds is 6. The lowest BCUT2D eigenvalue weighted by Gasteiger charge is -2.11. The van der Waals surface area contributed by atoms with Crippen molar-refractivity contribution >= 4 is 22.4 Å². The van der Waals surface area contributed by atoms with Gasteiger partial charge in [0.25, 0.3) is 5.56 Å². The van der Waals surface area contributed by atoms with Gasteiger partial charge in [0.1, 0.15) is 18.1 Å². The fourth-order valence-corrected chi connectivity index (χ4v) is 3.70. The van der Waals surface area contributed by atoms with Gasteiger partial charge in [-0.2, -0.15) is 4.37 Å². The molecule has 1 aromatic carbocycles. The Morgan fingerprint density at radius 2 is 2.04 bits per heavy atom. The zero-order valence-corrected chi connectivity index (χ0v) is 16.4. The maximum absolute atomic E-state index is 12.2. The second kappa shape index (κ2) is 7.82. The molecule has 4 aromatic rings. The first kappa shape index (κ1) is 18.2. The molecule has 0 saturated carbocycles. The first-order valence-electron chi connectivity index (χ1n) is 8.84. The Morgan fingerprint density at radius 3 is 2.82 bits per heavy atom. The largest absolute Gasteiger partial charge is 0.497 e. The lowest BCUT2D eigenvalue weighted by atomic mass is 10.2. The summed E-state index contributed by atoms with van der Waals surface area (Å²) >= 11 is 1.43. The molecule has 0 atom stereocenters. The summed E-state index contributed by atoms with van der Waals surface area (Å²) in [6, 6.07) is 12.9. The monoisotopic (exact) mass is 393 g/mol. The normalized spacial score (nSPS) is 10.9. The van der Waals surface area contributed by atoms with Crippen molar-refractivity contribution in [1.29, 1.82) is 0 Å². The molecule has 28 heavy (non-hydrogen) atoms. The molecule has 4 rings (SSSR count). The lowest BCUT2D eigenvalue weighted by Crippen LogP contribution is -2.21. The summed E-state index contributed by atoms with van der Waals surface area (Å²) in [5.74, 6) is 1.48. The van der Waals surface area contributed by atoms with E-state index in [2.05, 4.69) is 9.36 Å². The lowest BCUT2D eigenvalue weighted by molar-refractivity contribution is 0.299. The first-order valence-corrected chi connectivity index (χ1v) is 9.61. The van der Waals surface area contributed by atoms with Crippen LogP contribution in [0.4, 0.5) is 0 Å². The van der Waals surface area contributed by atoms with Gasteiger partial charge in [-0.3, -0.25) is 9.78 Å². The van der Waals surface area contributed by atoms with E-state index >= 15 is 0 Å². The van der Waals surface area contributed by atoms with Crippen molar-refractivity contribution < 1.29 is 9.47 Å². The van der Waals surface area contributed by atoms with Crippen molar-refractivity contribution in [1.82, 2.24) is 13.9 Å². The smallest absolute Gasteiger partial charge is 0.250 e. The van der Waals surface area contributed by atoms with Gasteiger partial charge in [0.15, 0.2) is 0 Å². The van der Waals surface area contributed by atoms with E-state index in [1.165, 1.54) is 11.5 Å². The quantitative estimate of drug-likeness (QED) is 0.497. The summed E-state index contributed by atoms with van der Waals surface area (Å²) in [7, 11) is 1.63. The molecule has 0 spiro atoms. The second-order valence-corrected chi connectivity index (χ2v) is 7.13. The van der Waals surface area contributed by atoms with Crippen molar-refractivity contribution in [2.75, 3.05) is 13.7 Å². The highest BCUT2D eigenvalue weighted by atomic mass is 32.1. The summed E-state index contributed by atoms with van der Waals surface area (Å²) < 4.78 is 17.2. The number of fused-ring (bicyclic) bond motifs is 1. The maximum Gasteiger partial charge on any atom is 0.250 e. The predicted molar refractivity (Wildman–Crippen MR) is 110 cm³/mol. The minimum absolute atomic E-state index is 0.0575. The molecular weight excluding hydrogens is 374 g/mol. The number of pyridine rings is 2. The third-order valence-corrected chi connectivity index (χ3v) is 5.33. The van der Waals surface area contributed by atoms with Crippen LogP contribution in [0.5, 0.6) is 11.5 Å². The van der Waals surface area contributed by atoms with Gasteiger partial charge >= 0.3 is 0 Å². The van der Waals surface area contributed by atoms with Crippen LogP contribution < -0.4 is 15.0 Å². The van der Waals surface area contributed by atoms with Crippen LogP contribution >= 0.6 is 11.5 Å². The van der Waals surface area contributed by atoms with Gasteiger partial charge in [0.2, 0.25) is 0 Å². The average Bonchev–Trinajstić information content (AvgIpc) is 3.15. The molecule has 0 radical (unpaired) electrons. The van der Waals surface area contributed by atoms with Gasteiger partial charge in [-0.1, -0.05) is 0 Å². The zero-order valence-electron chi connectivity index (χ0n) is 15.6. The third-order valence-electron chi connectivity index (χ3n) is 4.40. The molecular formula is C21H19N3O3S. The highest BCUT2D eigenvalue weighted by Gasteiger charge is 2.07. The van der Waals surface area contributed by atoms with Crippen LogP contribution in [0.25, 0.3) is 21.3 Å². The van der Waals surface area contributed by atoms with E-state index in [0.29, 0.717) is 13.2 Å². The van der Waals surface area contributed by atoms with Crippen LogP contribution in [0.15, 0.2) is 59.7 Å². The zero-order chi connectivity index (χ0) is 19.5. The van der Waals surface area contributed by atoms with Gasteiger partial charge in [-0.15, -0.1) is 0 Å². The Morgan fingerprint density at radius 1 is 1.14 bits per heavy atom. The Balaban J connectivity index is 1.51. The number of hydrogen-bond acceptors (Lipinski definition) is 6. The van der Waals surface area contributed by atoms with Gasteiger partial charge < -0.3 is 14.0 Å². The number of hydrogen-bond donors (Lipinski definition) is 0. The summed E-state index contributed by atoms with van der Waals surface area (Å²) in [5.41, 5.74) is 2.70. The molecule has 0 unspecified atom stereocenters. The van der Waals surface area contributed by atoms with Crippen molar-refractivity contribution in [2.24, 2.45) is 0 Å². The van der Waals surface area contributed by atoms with Crippen molar-refractivity contribution in [2.45, 2.75) is 13.5 Å². The van der Waals surface area contributed by atoms with E-state index in [9.17, 15) is 4.79 Å². The maximum atomic E-state index is 12.2. The topological polar surface area (TPSA) is 66.2 Å². The summed E-state index contributed by atoms with van der Waals surface area (Å²) in [6.45, 7) is 2.78. The number of benzene rings is 1. The van der Waals surface area contributed by atoms with E-state index in [-0.39, 0.29) is 5.56 Å². The molecule has 0 aliphatic rings. The number of aryl methyl sites for hydroxylation is 1. The molecule has 0 saturated heterocycles. The Bertz CT molecular complexity index is 1180. The summed E-state index contributed by atoms with van der Waals surface area (Å²) in [4.78, 5) is 17.6. The van der Waals surface area contributed by atoms with Crippen LogP contribution in [0.3, 0.4) is 0 Å². The Hall–Kier alpha value is -3.19. The summed E-state index contributed by atoms with van der Waals surface area (Å²) in [6.07, 6.45) is 3.56. The van der Waals surface area contributed by atoms with E-state index in [0.717, 1.165) is 38.5 Å². The second-order valence-electron chi connectivity index (χ2n) is 6.32. The SMILES string of the molecule is COc1ccc2c(OCCn3cc(-c4cc(C)ns4)ccc3=O)ccnc2c1. The van der Waals surface area contributed by atoms with E-state index < -0.39 is 0 Å². The minimum Gasteiger partial charge on any atom is -0.497 e. The molecule has 3 aromatic heterocycles. The van der Waals surface area contributed by atoms with Gasteiger partial charge in [-0.05, 0) is 48.8 Å². The average molecular weight is 393 g/mol. The van der Waals surface area contributed by atoms with Crippen molar-refractivity contribution in [3.63, 3.8) is 0 Å². The van der Waals surface area contributed by atoms with E-state index in [4.69, 9.17) is 9.47 Å². The number of ether oxygens (including phenoxy) is 2. The van der Waals surface area contributed by atoms with Crippen LogP contribution in [-0.4, -0.2) is 27.6 Å². The third kappa shape index (κ3) is 3.75. The molecule has 7 heteroatoms. The standard InChI is InChI=1S/C21H19N3O3S/c1-14-11-20(28-23-14)15-3-6-21(25)24(13-15)9-10-27-19-7-8-22-18-12-16(26-2)4-5-17(18)19/h3-8,11-13H,9-10H2,1-2H3. The van der Waals surface area contributed by atoms with Crippen LogP contribution in [-0.2, 0) is 6.54 Å². The Labute approximate surface area is 166 Å². The van der Waals surface area contributed by atoms with Crippen molar-refractivity contribution in [3.05, 3.63) is 70.9 Å². The Kier molecular flexibility index (Phi) is 5.08. The molecule has 142 valence electrons. The fourth-order valence-electron chi connectivity index (χ4n) is 2.96. The predicted octanol–water partition coefficient (Wildman–Crippen LogP) is 3.92. The van der Waals surface area contributed by atoms with Gasteiger partial charge in [0, 0.05) is 35.5 Å². The number of nitrogens with zero attached hydrogens (tertiary/aromatic N) is 3. The highest BCUT2D eigenvalue weighted by Crippen LogP contribution is 2.27. The molecule has 0 aliphatic heterocycles. The van der Waals surface area contributed by atoms with Gasteiger partial charge in [-0.25, -0.2) is 0 Å².